The number of nitrogens with one attached hydrogen (secondary N) is 1. The van der Waals surface area contributed by atoms with Crippen LogP contribution in [0.4, 0.5) is 5.82 Å². The first-order chi connectivity index (χ1) is 11.1. The van der Waals surface area contributed by atoms with Crippen LogP contribution in [0, 0.1) is 6.92 Å². The number of halogens is 1. The quantitative estimate of drug-likeness (QED) is 0.526. The van der Waals surface area contributed by atoms with Gasteiger partial charge in [-0.3, -0.25) is 0 Å². The first kappa shape index (κ1) is 15.8. The fourth-order valence-corrected chi connectivity index (χ4v) is 3.75. The van der Waals surface area contributed by atoms with Gasteiger partial charge in [-0.2, -0.15) is 0 Å². The van der Waals surface area contributed by atoms with E-state index in [2.05, 4.69) is 28.8 Å². The Morgan fingerprint density at radius 3 is 2.70 bits per heavy atom. The Bertz CT molecular complexity index is 858. The number of methoxy groups -OCH3 is 1. The minimum atomic E-state index is 0.242. The van der Waals surface area contributed by atoms with Gasteiger partial charge in [-0.1, -0.05) is 18.2 Å². The topological polar surface area (TPSA) is 47.0 Å². The molecule has 23 heavy (non-hydrogen) atoms. The Balaban J connectivity index is 2.22. The van der Waals surface area contributed by atoms with Crippen LogP contribution in [0.25, 0.3) is 21.3 Å². The van der Waals surface area contributed by atoms with E-state index in [4.69, 9.17) is 16.3 Å². The summed E-state index contributed by atoms with van der Waals surface area (Å²) in [6, 6.07) is 7.98. The third-order valence-corrected chi connectivity index (χ3v) is 4.66. The number of benzene rings is 1. The molecule has 0 bridgehead atoms. The normalized spacial score (nSPS) is 10.7. The van der Waals surface area contributed by atoms with Crippen LogP contribution in [-0.4, -0.2) is 23.6 Å². The number of fused-ring (bicyclic) bond motifs is 1. The Kier molecular flexibility index (Phi) is 4.50. The minimum absolute atomic E-state index is 0.242. The van der Waals surface area contributed by atoms with Crippen molar-refractivity contribution in [3.05, 3.63) is 47.1 Å². The summed E-state index contributed by atoms with van der Waals surface area (Å²) in [6.07, 6.45) is 1.79. The predicted molar refractivity (Wildman–Crippen MR) is 97.8 cm³/mol. The van der Waals surface area contributed by atoms with Crippen molar-refractivity contribution in [2.75, 3.05) is 19.0 Å². The molecule has 0 unspecified atom stereocenters. The van der Waals surface area contributed by atoms with Gasteiger partial charge in [0.1, 0.15) is 16.4 Å². The summed E-state index contributed by atoms with van der Waals surface area (Å²) in [5, 5.41) is 4.48. The molecule has 1 N–H and O–H groups in total. The molecule has 2 heterocycles. The minimum Gasteiger partial charge on any atom is -0.497 e. The van der Waals surface area contributed by atoms with Crippen molar-refractivity contribution in [2.45, 2.75) is 6.92 Å². The Labute approximate surface area is 143 Å². The van der Waals surface area contributed by atoms with Crippen molar-refractivity contribution < 1.29 is 4.74 Å². The molecule has 0 fully saturated rings. The molecule has 0 saturated heterocycles. The zero-order valence-corrected chi connectivity index (χ0v) is 14.5. The second-order valence-corrected chi connectivity index (χ2v) is 6.49. The van der Waals surface area contributed by atoms with Crippen molar-refractivity contribution in [1.29, 1.82) is 0 Å². The molecule has 0 aliphatic rings. The van der Waals surface area contributed by atoms with E-state index in [1.54, 1.807) is 24.5 Å². The van der Waals surface area contributed by atoms with Crippen LogP contribution in [0.15, 0.2) is 36.9 Å². The van der Waals surface area contributed by atoms with Crippen molar-refractivity contribution in [3.63, 3.8) is 0 Å². The first-order valence-electron chi connectivity index (χ1n) is 7.10. The van der Waals surface area contributed by atoms with E-state index < -0.39 is 0 Å². The molecule has 6 heteroatoms. The van der Waals surface area contributed by atoms with Crippen LogP contribution in [0.3, 0.4) is 0 Å². The SMILES string of the molecule is C=CCNc1nc(Cl)nc2sc(C)c(-c3ccc(OC)cc3)c12. The average Bonchev–Trinajstić information content (AvgIpc) is 2.88. The van der Waals surface area contributed by atoms with E-state index in [9.17, 15) is 0 Å². The zero-order valence-electron chi connectivity index (χ0n) is 12.9. The number of hydrogen-bond acceptors (Lipinski definition) is 5. The number of hydrogen-bond donors (Lipinski definition) is 1. The zero-order chi connectivity index (χ0) is 16.4. The number of aryl methyl sites for hydroxylation is 1. The number of aromatic nitrogens is 2. The third kappa shape index (κ3) is 3.02. The molecule has 0 saturated carbocycles. The lowest BCUT2D eigenvalue weighted by molar-refractivity contribution is 0.415. The van der Waals surface area contributed by atoms with Crippen LogP contribution in [0.5, 0.6) is 5.75 Å². The molecule has 4 nitrogen and oxygen atoms in total. The van der Waals surface area contributed by atoms with Gasteiger partial charge in [-0.15, -0.1) is 17.9 Å². The van der Waals surface area contributed by atoms with Gasteiger partial charge in [0.15, 0.2) is 0 Å². The van der Waals surface area contributed by atoms with Gasteiger partial charge in [0.25, 0.3) is 0 Å². The Morgan fingerprint density at radius 2 is 2.04 bits per heavy atom. The summed E-state index contributed by atoms with van der Waals surface area (Å²) in [6.45, 7) is 6.42. The van der Waals surface area contributed by atoms with Crippen molar-refractivity contribution in [1.82, 2.24) is 9.97 Å². The van der Waals surface area contributed by atoms with Gasteiger partial charge < -0.3 is 10.1 Å². The predicted octanol–water partition coefficient (Wildman–Crippen LogP) is 4.93. The molecule has 0 atom stereocenters. The number of thiophene rings is 1. The van der Waals surface area contributed by atoms with Gasteiger partial charge >= 0.3 is 0 Å². The summed E-state index contributed by atoms with van der Waals surface area (Å²) in [4.78, 5) is 10.8. The fraction of sp³-hybridized carbons (Fsp3) is 0.176. The number of ether oxygens (including phenoxy) is 1. The fourth-order valence-electron chi connectivity index (χ4n) is 2.49. The van der Waals surface area contributed by atoms with Gasteiger partial charge in [0.2, 0.25) is 5.28 Å². The molecule has 0 radical (unpaired) electrons. The second kappa shape index (κ2) is 6.56. The highest BCUT2D eigenvalue weighted by molar-refractivity contribution is 7.19. The van der Waals surface area contributed by atoms with Gasteiger partial charge in [0, 0.05) is 17.0 Å². The maximum absolute atomic E-state index is 6.05. The van der Waals surface area contributed by atoms with E-state index in [-0.39, 0.29) is 5.28 Å². The lowest BCUT2D eigenvalue weighted by Crippen LogP contribution is -2.02. The van der Waals surface area contributed by atoms with Crippen LogP contribution in [0.1, 0.15) is 4.88 Å². The highest BCUT2D eigenvalue weighted by Gasteiger charge is 2.18. The molecule has 2 aromatic heterocycles. The van der Waals surface area contributed by atoms with Crippen molar-refractivity contribution in [3.8, 4) is 16.9 Å². The molecule has 3 rings (SSSR count). The maximum Gasteiger partial charge on any atom is 0.225 e. The van der Waals surface area contributed by atoms with Crippen molar-refractivity contribution >= 4 is 39.0 Å². The Morgan fingerprint density at radius 1 is 1.30 bits per heavy atom. The Hall–Kier alpha value is -2.11. The van der Waals surface area contributed by atoms with Gasteiger partial charge in [0.05, 0.1) is 12.5 Å². The van der Waals surface area contributed by atoms with Crippen LogP contribution in [-0.2, 0) is 0 Å². The average molecular weight is 346 g/mol. The number of rotatable bonds is 5. The highest BCUT2D eigenvalue weighted by atomic mass is 35.5. The largest absolute Gasteiger partial charge is 0.497 e. The van der Waals surface area contributed by atoms with E-state index in [1.165, 1.54) is 4.88 Å². The van der Waals surface area contributed by atoms with E-state index in [0.717, 1.165) is 32.9 Å². The highest BCUT2D eigenvalue weighted by Crippen LogP contribution is 2.41. The first-order valence-corrected chi connectivity index (χ1v) is 8.29. The van der Waals surface area contributed by atoms with Crippen LogP contribution < -0.4 is 10.1 Å². The number of anilines is 1. The third-order valence-electron chi connectivity index (χ3n) is 3.49. The molecule has 118 valence electrons. The molecule has 0 spiro atoms. The molecule has 3 aromatic rings. The number of nitrogens with zero attached hydrogens (tertiary/aromatic N) is 2. The van der Waals surface area contributed by atoms with Crippen LogP contribution >= 0.6 is 22.9 Å². The monoisotopic (exact) mass is 345 g/mol. The van der Waals surface area contributed by atoms with E-state index in [1.807, 2.05) is 24.3 Å². The van der Waals surface area contributed by atoms with E-state index >= 15 is 0 Å². The van der Waals surface area contributed by atoms with Crippen LogP contribution in [0.2, 0.25) is 5.28 Å². The summed E-state index contributed by atoms with van der Waals surface area (Å²) in [7, 11) is 1.66. The smallest absolute Gasteiger partial charge is 0.225 e. The molecular weight excluding hydrogens is 330 g/mol. The lowest BCUT2D eigenvalue weighted by Gasteiger charge is -2.08. The summed E-state index contributed by atoms with van der Waals surface area (Å²) in [5.74, 6) is 1.56. The molecule has 1 aromatic carbocycles. The standard InChI is InChI=1S/C17H16ClN3OS/c1-4-9-19-15-14-13(11-5-7-12(22-3)8-6-11)10(2)23-16(14)21-17(18)20-15/h4-8H,1,9H2,2-3H3,(H,19,20,21). The summed E-state index contributed by atoms with van der Waals surface area (Å²) >= 11 is 7.66. The van der Waals surface area contributed by atoms with Gasteiger partial charge in [-0.25, -0.2) is 9.97 Å². The van der Waals surface area contributed by atoms with E-state index in [0.29, 0.717) is 6.54 Å². The molecule has 0 aliphatic heterocycles. The summed E-state index contributed by atoms with van der Waals surface area (Å²) in [5.41, 5.74) is 2.22. The van der Waals surface area contributed by atoms with Gasteiger partial charge in [-0.05, 0) is 36.2 Å². The second-order valence-electron chi connectivity index (χ2n) is 4.95. The summed E-state index contributed by atoms with van der Waals surface area (Å²) < 4.78 is 5.23. The molecule has 0 amide bonds. The van der Waals surface area contributed by atoms with Crippen molar-refractivity contribution in [2.24, 2.45) is 0 Å². The lowest BCUT2D eigenvalue weighted by atomic mass is 10.0. The maximum atomic E-state index is 6.05. The molecule has 0 aliphatic carbocycles. The molecular formula is C17H16ClN3OS.